The standard InChI is InChI=1S/C20H23N3OS/c1-4-22(5-2)16-13-11-15(12-14-16)19(24)21-20-23(6-3)17-9-7-8-10-18(17)25-20/h7-14H,4-6H2,1-3H3. The Hall–Kier alpha value is -2.40. The number of hydrogen-bond acceptors (Lipinski definition) is 3. The number of carbonyl (C=O) groups is 1. The van der Waals surface area contributed by atoms with Crippen molar-refractivity contribution in [3.63, 3.8) is 0 Å². The van der Waals surface area contributed by atoms with Crippen molar-refractivity contribution in [1.82, 2.24) is 4.57 Å². The largest absolute Gasteiger partial charge is 0.372 e. The van der Waals surface area contributed by atoms with Crippen LogP contribution in [0.4, 0.5) is 5.69 Å². The van der Waals surface area contributed by atoms with E-state index in [9.17, 15) is 4.79 Å². The first-order valence-corrected chi connectivity index (χ1v) is 9.52. The molecule has 0 unspecified atom stereocenters. The average molecular weight is 353 g/mol. The number of amides is 1. The lowest BCUT2D eigenvalue weighted by molar-refractivity contribution is 0.0998. The van der Waals surface area contributed by atoms with Crippen LogP contribution >= 0.6 is 11.3 Å². The molecule has 0 aliphatic rings. The molecule has 0 atom stereocenters. The molecule has 5 heteroatoms. The summed E-state index contributed by atoms with van der Waals surface area (Å²) in [5.41, 5.74) is 2.88. The van der Waals surface area contributed by atoms with Gasteiger partial charge in [-0.25, -0.2) is 0 Å². The normalized spacial score (nSPS) is 11.9. The summed E-state index contributed by atoms with van der Waals surface area (Å²) in [7, 11) is 0. The van der Waals surface area contributed by atoms with Crippen LogP contribution in [0.5, 0.6) is 0 Å². The molecule has 3 rings (SSSR count). The molecule has 25 heavy (non-hydrogen) atoms. The van der Waals surface area contributed by atoms with Gasteiger partial charge in [0.15, 0.2) is 4.80 Å². The van der Waals surface area contributed by atoms with E-state index in [1.54, 1.807) is 11.3 Å². The van der Waals surface area contributed by atoms with Crippen molar-refractivity contribution in [2.45, 2.75) is 27.3 Å². The Morgan fingerprint density at radius 2 is 1.72 bits per heavy atom. The van der Waals surface area contributed by atoms with Crippen LogP contribution in [0.25, 0.3) is 10.2 Å². The van der Waals surface area contributed by atoms with Crippen LogP contribution in [0.3, 0.4) is 0 Å². The van der Waals surface area contributed by atoms with Crippen molar-refractivity contribution < 1.29 is 4.79 Å². The van der Waals surface area contributed by atoms with Crippen molar-refractivity contribution >= 4 is 33.1 Å². The van der Waals surface area contributed by atoms with Gasteiger partial charge in [-0.2, -0.15) is 4.99 Å². The number of para-hydroxylation sites is 1. The highest BCUT2D eigenvalue weighted by Crippen LogP contribution is 2.18. The number of aryl methyl sites for hydroxylation is 1. The maximum atomic E-state index is 12.6. The summed E-state index contributed by atoms with van der Waals surface area (Å²) in [6.45, 7) is 9.02. The van der Waals surface area contributed by atoms with E-state index in [2.05, 4.69) is 47.4 Å². The second-order valence-electron chi connectivity index (χ2n) is 5.73. The quantitative estimate of drug-likeness (QED) is 0.685. The molecule has 0 spiro atoms. The van der Waals surface area contributed by atoms with Gasteiger partial charge in [0.25, 0.3) is 5.91 Å². The van der Waals surface area contributed by atoms with E-state index < -0.39 is 0 Å². The molecule has 1 aromatic heterocycles. The molecule has 0 bridgehead atoms. The van der Waals surface area contributed by atoms with E-state index in [1.165, 1.54) is 0 Å². The lowest BCUT2D eigenvalue weighted by atomic mass is 10.2. The highest BCUT2D eigenvalue weighted by molar-refractivity contribution is 7.16. The highest BCUT2D eigenvalue weighted by Gasteiger charge is 2.09. The highest BCUT2D eigenvalue weighted by atomic mass is 32.1. The van der Waals surface area contributed by atoms with Crippen molar-refractivity contribution in [1.29, 1.82) is 0 Å². The van der Waals surface area contributed by atoms with Crippen LogP contribution in [-0.2, 0) is 6.54 Å². The van der Waals surface area contributed by atoms with Gasteiger partial charge in [0.2, 0.25) is 0 Å². The molecular weight excluding hydrogens is 330 g/mol. The van der Waals surface area contributed by atoms with Gasteiger partial charge in [-0.05, 0) is 57.2 Å². The third kappa shape index (κ3) is 3.51. The van der Waals surface area contributed by atoms with Crippen LogP contribution in [0.2, 0.25) is 0 Å². The summed E-state index contributed by atoms with van der Waals surface area (Å²) in [6.07, 6.45) is 0. The minimum Gasteiger partial charge on any atom is -0.372 e. The predicted molar refractivity (Wildman–Crippen MR) is 105 cm³/mol. The molecule has 3 aromatic rings. The molecule has 0 aliphatic heterocycles. The van der Waals surface area contributed by atoms with Gasteiger partial charge >= 0.3 is 0 Å². The third-order valence-corrected chi connectivity index (χ3v) is 5.40. The van der Waals surface area contributed by atoms with Gasteiger partial charge in [0.1, 0.15) is 0 Å². The second-order valence-corrected chi connectivity index (χ2v) is 6.74. The Kier molecular flexibility index (Phi) is 5.34. The molecule has 0 saturated heterocycles. The van der Waals surface area contributed by atoms with E-state index >= 15 is 0 Å². The summed E-state index contributed by atoms with van der Waals surface area (Å²) >= 11 is 1.55. The first-order valence-electron chi connectivity index (χ1n) is 8.70. The fraction of sp³-hybridized carbons (Fsp3) is 0.300. The van der Waals surface area contributed by atoms with E-state index in [1.807, 2.05) is 36.4 Å². The Bertz CT molecular complexity index is 933. The smallest absolute Gasteiger partial charge is 0.279 e. The Morgan fingerprint density at radius 3 is 2.36 bits per heavy atom. The third-order valence-electron chi connectivity index (χ3n) is 4.34. The lowest BCUT2D eigenvalue weighted by Gasteiger charge is -2.20. The molecular formula is C20H23N3OS. The Balaban J connectivity index is 1.95. The molecule has 1 heterocycles. The summed E-state index contributed by atoms with van der Waals surface area (Å²) in [5, 5.41) is 0. The van der Waals surface area contributed by atoms with Gasteiger partial charge in [0.05, 0.1) is 10.2 Å². The molecule has 130 valence electrons. The number of rotatable bonds is 5. The Labute approximate surface area is 152 Å². The molecule has 4 nitrogen and oxygen atoms in total. The second kappa shape index (κ2) is 7.66. The Morgan fingerprint density at radius 1 is 1.04 bits per heavy atom. The van der Waals surface area contributed by atoms with Crippen LogP contribution < -0.4 is 9.70 Å². The zero-order valence-corrected chi connectivity index (χ0v) is 15.7. The van der Waals surface area contributed by atoms with Gasteiger partial charge in [-0.3, -0.25) is 4.79 Å². The molecule has 0 N–H and O–H groups in total. The SMILES string of the molecule is CCN(CC)c1ccc(C(=O)N=c2sc3ccccc3n2CC)cc1. The zero-order valence-electron chi connectivity index (χ0n) is 14.9. The van der Waals surface area contributed by atoms with Gasteiger partial charge < -0.3 is 9.47 Å². The van der Waals surface area contributed by atoms with E-state index in [0.717, 1.165) is 40.3 Å². The average Bonchev–Trinajstić information content (AvgIpc) is 3.00. The minimum atomic E-state index is -0.195. The number of nitrogens with zero attached hydrogens (tertiary/aromatic N) is 3. The maximum absolute atomic E-state index is 12.6. The summed E-state index contributed by atoms with van der Waals surface area (Å²) in [6, 6.07) is 15.9. The number of thiazole rings is 1. The number of aromatic nitrogens is 1. The predicted octanol–water partition coefficient (Wildman–Crippen LogP) is 4.31. The first-order chi connectivity index (χ1) is 12.2. The summed E-state index contributed by atoms with van der Waals surface area (Å²) in [4.78, 5) is 20.0. The number of hydrogen-bond donors (Lipinski definition) is 0. The monoisotopic (exact) mass is 353 g/mol. The van der Waals surface area contributed by atoms with Crippen LogP contribution in [0, 0.1) is 0 Å². The van der Waals surface area contributed by atoms with Crippen LogP contribution in [0.1, 0.15) is 31.1 Å². The van der Waals surface area contributed by atoms with Gasteiger partial charge in [0, 0.05) is 30.9 Å². The fourth-order valence-electron chi connectivity index (χ4n) is 2.97. The number of carbonyl (C=O) groups excluding carboxylic acids is 1. The van der Waals surface area contributed by atoms with Crippen LogP contribution in [0.15, 0.2) is 53.5 Å². The molecule has 0 radical (unpaired) electrons. The van der Waals surface area contributed by atoms with E-state index in [0.29, 0.717) is 5.56 Å². The maximum Gasteiger partial charge on any atom is 0.279 e. The number of anilines is 1. The zero-order chi connectivity index (χ0) is 17.8. The van der Waals surface area contributed by atoms with Crippen molar-refractivity contribution in [3.05, 3.63) is 58.9 Å². The number of fused-ring (bicyclic) bond motifs is 1. The minimum absolute atomic E-state index is 0.195. The van der Waals surface area contributed by atoms with E-state index in [-0.39, 0.29) is 5.91 Å². The lowest BCUT2D eigenvalue weighted by Crippen LogP contribution is -2.21. The van der Waals surface area contributed by atoms with Crippen molar-refractivity contribution in [3.8, 4) is 0 Å². The van der Waals surface area contributed by atoms with Crippen molar-refractivity contribution in [2.24, 2.45) is 4.99 Å². The molecule has 2 aromatic carbocycles. The van der Waals surface area contributed by atoms with Gasteiger partial charge in [-0.15, -0.1) is 0 Å². The van der Waals surface area contributed by atoms with Crippen LogP contribution in [-0.4, -0.2) is 23.6 Å². The topological polar surface area (TPSA) is 37.6 Å². The summed E-state index contributed by atoms with van der Waals surface area (Å²) in [5.74, 6) is -0.195. The summed E-state index contributed by atoms with van der Waals surface area (Å²) < 4.78 is 3.23. The fourth-order valence-corrected chi connectivity index (χ4v) is 4.06. The van der Waals surface area contributed by atoms with Crippen molar-refractivity contribution in [2.75, 3.05) is 18.0 Å². The molecule has 0 aliphatic carbocycles. The van der Waals surface area contributed by atoms with Gasteiger partial charge in [-0.1, -0.05) is 23.5 Å². The number of benzene rings is 2. The molecule has 1 amide bonds. The molecule has 0 saturated carbocycles. The first kappa shape index (κ1) is 17.4. The van der Waals surface area contributed by atoms with E-state index in [4.69, 9.17) is 0 Å². The molecule has 0 fully saturated rings.